The zero-order valence-corrected chi connectivity index (χ0v) is 28.5. The number of nitrogens with zero attached hydrogens (tertiary/aromatic N) is 1. The maximum absolute atomic E-state index is 14.2. The zero-order valence-electron chi connectivity index (χ0n) is 26.9. The Kier molecular flexibility index (Phi) is 14.9. The second-order valence-electron chi connectivity index (χ2n) is 12.2. The fraction of sp³-hybridized carbons (Fsp3) is 0.636. The molecule has 0 unspecified atom stereocenters. The lowest BCUT2D eigenvalue weighted by Gasteiger charge is -2.39. The van der Waals surface area contributed by atoms with Crippen molar-refractivity contribution in [1.29, 1.82) is 0 Å². The van der Waals surface area contributed by atoms with Crippen molar-refractivity contribution in [2.45, 2.75) is 116 Å². The number of carbonyl (C=O) groups excluding carboxylic acids is 6. The minimum Gasteiger partial charge on any atom is -0.343 e. The first-order chi connectivity index (χ1) is 21.5. The molecule has 1 aromatic rings. The minimum atomic E-state index is -0.879. The van der Waals surface area contributed by atoms with E-state index in [-0.39, 0.29) is 28.6 Å². The second kappa shape index (κ2) is 18.3. The molecule has 2 aliphatic heterocycles. The predicted molar refractivity (Wildman–Crippen MR) is 178 cm³/mol. The van der Waals surface area contributed by atoms with E-state index in [4.69, 9.17) is 0 Å². The molecule has 1 fully saturated rings. The highest BCUT2D eigenvalue weighted by atomic mass is 32.2. The lowest BCUT2D eigenvalue weighted by Crippen LogP contribution is -2.64. The van der Waals surface area contributed by atoms with Crippen molar-refractivity contribution >= 4 is 57.4 Å². The Labute approximate surface area is 275 Å². The van der Waals surface area contributed by atoms with Crippen LogP contribution in [0.3, 0.4) is 0 Å². The summed E-state index contributed by atoms with van der Waals surface area (Å²) < 4.78 is 0. The Balaban J connectivity index is 1.86. The van der Waals surface area contributed by atoms with Crippen LogP contribution in [-0.4, -0.2) is 74.4 Å². The highest BCUT2D eigenvalue weighted by molar-refractivity contribution is 8.13. The number of thioether (sulfide) groups is 2. The number of benzene rings is 1. The third-order valence-electron chi connectivity index (χ3n) is 8.21. The van der Waals surface area contributed by atoms with E-state index in [1.54, 1.807) is 4.90 Å². The fourth-order valence-corrected chi connectivity index (χ4v) is 6.99. The molecule has 4 atom stereocenters. The largest absolute Gasteiger partial charge is 0.343 e. The van der Waals surface area contributed by atoms with Gasteiger partial charge < -0.3 is 20.9 Å². The van der Waals surface area contributed by atoms with E-state index in [9.17, 15) is 28.8 Å². The van der Waals surface area contributed by atoms with Gasteiger partial charge in [-0.3, -0.25) is 28.8 Å². The average Bonchev–Trinajstić information content (AvgIpc) is 2.99. The predicted octanol–water partition coefficient (Wildman–Crippen LogP) is 3.74. The smallest absolute Gasteiger partial charge is 0.246 e. The minimum absolute atomic E-state index is 0.0653. The molecule has 2 aliphatic rings. The summed E-state index contributed by atoms with van der Waals surface area (Å²) in [6.07, 6.45) is 5.51. The monoisotopic (exact) mass is 660 g/mol. The topological polar surface area (TPSA) is 142 Å². The average molecular weight is 661 g/mol. The van der Waals surface area contributed by atoms with Gasteiger partial charge in [0.05, 0.1) is 0 Å². The van der Waals surface area contributed by atoms with Crippen LogP contribution in [0.15, 0.2) is 24.3 Å². The van der Waals surface area contributed by atoms with Gasteiger partial charge >= 0.3 is 0 Å². The van der Waals surface area contributed by atoms with Gasteiger partial charge in [-0.2, -0.15) is 0 Å². The van der Waals surface area contributed by atoms with Gasteiger partial charge in [-0.25, -0.2) is 0 Å². The van der Waals surface area contributed by atoms with Gasteiger partial charge in [-0.1, -0.05) is 87.3 Å². The van der Waals surface area contributed by atoms with Crippen LogP contribution < -0.4 is 16.0 Å². The lowest BCUT2D eigenvalue weighted by atomic mass is 9.91. The van der Waals surface area contributed by atoms with Crippen LogP contribution in [0.5, 0.6) is 0 Å². The molecular formula is C33H48N4O6S2. The van der Waals surface area contributed by atoms with E-state index >= 15 is 0 Å². The van der Waals surface area contributed by atoms with Gasteiger partial charge in [0.2, 0.25) is 23.6 Å². The number of nitrogens with one attached hydrogen (secondary N) is 3. The van der Waals surface area contributed by atoms with Crippen LogP contribution in [0.4, 0.5) is 0 Å². The number of unbranched alkanes of at least 4 members (excludes halogenated alkanes) is 4. The Morgan fingerprint density at radius 3 is 1.89 bits per heavy atom. The maximum atomic E-state index is 14.2. The van der Waals surface area contributed by atoms with Crippen molar-refractivity contribution in [2.75, 3.05) is 11.5 Å². The van der Waals surface area contributed by atoms with Crippen LogP contribution in [0.1, 0.15) is 90.2 Å². The van der Waals surface area contributed by atoms with E-state index < -0.39 is 41.9 Å². The van der Waals surface area contributed by atoms with E-state index in [1.165, 1.54) is 37.4 Å². The Morgan fingerprint density at radius 2 is 1.31 bits per heavy atom. The standard InChI is InChI=1S/C33H48N4O6S2/c1-21(2)29-32(42)34-26(15-7-5-11-17-44-22(3)38)30(40)35-27(16-8-6-12-18-45-23(4)39)33(43)37-20-25-14-10-9-13-24(25)19-28(37)31(41)36-29/h9-10,13-14,21,26-29H,5-8,11-12,15-20H2,1-4H3,(H,34,42)(H,35,40)(H,36,41)/t26-,27+,28-,29+/m1/s1. The number of amides is 4. The molecule has 3 N–H and O–H groups in total. The summed E-state index contributed by atoms with van der Waals surface area (Å²) in [6.45, 7) is 6.98. The first kappa shape index (κ1) is 36.6. The third kappa shape index (κ3) is 11.5. The molecular weight excluding hydrogens is 613 g/mol. The van der Waals surface area contributed by atoms with Crippen LogP contribution in [0.25, 0.3) is 0 Å². The Morgan fingerprint density at radius 1 is 0.756 bits per heavy atom. The van der Waals surface area contributed by atoms with Crippen molar-refractivity contribution in [3.05, 3.63) is 35.4 Å². The zero-order chi connectivity index (χ0) is 32.9. The van der Waals surface area contributed by atoms with Crippen molar-refractivity contribution < 1.29 is 28.8 Å². The summed E-state index contributed by atoms with van der Waals surface area (Å²) in [4.78, 5) is 79.5. The molecule has 10 nitrogen and oxygen atoms in total. The molecule has 3 rings (SSSR count). The van der Waals surface area contributed by atoms with Gasteiger partial charge in [0, 0.05) is 38.3 Å². The van der Waals surface area contributed by atoms with Crippen molar-refractivity contribution in [3.63, 3.8) is 0 Å². The SMILES string of the molecule is CC(=O)SCCCCC[C@@H]1NC(=O)[C@@H](CCCCCSC(C)=O)NC(=O)[C@H](C(C)C)NC(=O)[C@H]2Cc3ccccc3CN2C1=O. The molecule has 0 aromatic heterocycles. The second-order valence-corrected chi connectivity index (χ2v) is 14.7. The summed E-state index contributed by atoms with van der Waals surface area (Å²) >= 11 is 2.54. The Hall–Kier alpha value is -2.86. The maximum Gasteiger partial charge on any atom is 0.246 e. The van der Waals surface area contributed by atoms with Crippen LogP contribution in [0.2, 0.25) is 0 Å². The van der Waals surface area contributed by atoms with Gasteiger partial charge in [0.15, 0.2) is 10.2 Å². The Bertz CT molecular complexity index is 1230. The molecule has 1 saturated heterocycles. The number of rotatable bonds is 13. The molecule has 1 aromatic carbocycles. The number of carbonyl (C=O) groups is 6. The van der Waals surface area contributed by atoms with E-state index in [2.05, 4.69) is 16.0 Å². The fourth-order valence-electron chi connectivity index (χ4n) is 5.72. The quantitative estimate of drug-likeness (QED) is 0.272. The molecule has 0 radical (unpaired) electrons. The first-order valence-electron chi connectivity index (χ1n) is 16.0. The summed E-state index contributed by atoms with van der Waals surface area (Å²) in [6, 6.07) is 4.26. The first-order valence-corrected chi connectivity index (χ1v) is 18.0. The van der Waals surface area contributed by atoms with Gasteiger partial charge in [-0.15, -0.1) is 0 Å². The van der Waals surface area contributed by atoms with E-state index in [0.29, 0.717) is 43.6 Å². The third-order valence-corrected chi connectivity index (χ3v) is 10.0. The summed E-state index contributed by atoms with van der Waals surface area (Å²) in [5, 5.41) is 8.89. The summed E-state index contributed by atoms with van der Waals surface area (Å²) in [7, 11) is 0. The van der Waals surface area contributed by atoms with Crippen molar-refractivity contribution in [3.8, 4) is 0 Å². The van der Waals surface area contributed by atoms with Crippen LogP contribution >= 0.6 is 23.5 Å². The highest BCUT2D eigenvalue weighted by Crippen LogP contribution is 2.26. The van der Waals surface area contributed by atoms with Gasteiger partial charge in [-0.05, 0) is 42.7 Å². The van der Waals surface area contributed by atoms with Crippen molar-refractivity contribution in [2.24, 2.45) is 5.92 Å². The lowest BCUT2D eigenvalue weighted by molar-refractivity contribution is -0.146. The van der Waals surface area contributed by atoms with Crippen molar-refractivity contribution in [1.82, 2.24) is 20.9 Å². The highest BCUT2D eigenvalue weighted by Gasteiger charge is 2.41. The van der Waals surface area contributed by atoms with Gasteiger partial charge in [0.25, 0.3) is 0 Å². The molecule has 248 valence electrons. The normalized spacial score (nSPS) is 22.4. The molecule has 2 heterocycles. The molecule has 0 spiro atoms. The number of fused-ring (bicyclic) bond motifs is 2. The molecule has 12 heteroatoms. The molecule has 4 amide bonds. The molecule has 45 heavy (non-hydrogen) atoms. The van der Waals surface area contributed by atoms with Crippen LogP contribution in [-0.2, 0) is 41.7 Å². The van der Waals surface area contributed by atoms with E-state index in [1.807, 2.05) is 38.1 Å². The molecule has 0 bridgehead atoms. The molecule has 0 saturated carbocycles. The van der Waals surface area contributed by atoms with E-state index in [0.717, 1.165) is 36.8 Å². The van der Waals surface area contributed by atoms with Gasteiger partial charge in [0.1, 0.15) is 24.2 Å². The summed E-state index contributed by atoms with van der Waals surface area (Å²) in [5.41, 5.74) is 1.93. The molecule has 0 aliphatic carbocycles. The summed E-state index contributed by atoms with van der Waals surface area (Å²) in [5.74, 6) is -0.418. The number of hydrogen-bond donors (Lipinski definition) is 3. The number of hydrogen-bond acceptors (Lipinski definition) is 8. The van der Waals surface area contributed by atoms with Crippen LogP contribution in [0, 0.1) is 5.92 Å².